The van der Waals surface area contributed by atoms with Crippen LogP contribution < -0.4 is 4.90 Å². The topological polar surface area (TPSA) is 8.17 Å². The third-order valence-corrected chi connectivity index (χ3v) is 17.2. The monoisotopic (exact) mass is 1110 g/mol. The molecule has 1 aromatic heterocycles. The molecule has 0 spiro atoms. The second-order valence-corrected chi connectivity index (χ2v) is 22.8. The van der Waals surface area contributed by atoms with Gasteiger partial charge in [-0.2, -0.15) is 0 Å². The van der Waals surface area contributed by atoms with E-state index in [0.717, 1.165) is 26.0 Å². The van der Waals surface area contributed by atoms with Crippen LogP contribution in [0.5, 0.6) is 0 Å². The van der Waals surface area contributed by atoms with Crippen molar-refractivity contribution in [1.82, 2.24) is 4.57 Å². The fourth-order valence-corrected chi connectivity index (χ4v) is 12.9. The minimum Gasteiger partial charge on any atom is -0.310 e. The number of benzene rings is 9. The van der Waals surface area contributed by atoms with Gasteiger partial charge in [-0.15, -0.1) is 0 Å². The molecular weight excluding hydrogens is 1040 g/mol. The van der Waals surface area contributed by atoms with Crippen molar-refractivity contribution in [3.63, 3.8) is 0 Å². The van der Waals surface area contributed by atoms with Crippen LogP contribution in [0.15, 0.2) is 215 Å². The van der Waals surface area contributed by atoms with Gasteiger partial charge in [-0.3, -0.25) is 0 Å². The van der Waals surface area contributed by atoms with Crippen molar-refractivity contribution in [1.29, 1.82) is 0 Å². The maximum atomic E-state index is 3.82. The van der Waals surface area contributed by atoms with Crippen LogP contribution in [0.4, 0.5) is 17.1 Å². The van der Waals surface area contributed by atoms with Gasteiger partial charge in [0.2, 0.25) is 0 Å². The molecule has 0 unspecified atom stereocenters. The molecule has 1 aliphatic carbocycles. The van der Waals surface area contributed by atoms with Gasteiger partial charge in [-0.25, -0.2) is 0 Å². The zero-order valence-electron chi connectivity index (χ0n) is 43.7. The maximum Gasteiger partial charge on any atom is 0.0541 e. The van der Waals surface area contributed by atoms with Crippen molar-refractivity contribution in [2.75, 3.05) is 4.90 Å². The number of unbranched alkanes of at least 4 members (excludes halogenated alkanes) is 10. The van der Waals surface area contributed by atoms with E-state index in [4.69, 9.17) is 0 Å². The van der Waals surface area contributed by atoms with E-state index in [9.17, 15) is 0 Å². The zero-order valence-corrected chi connectivity index (χ0v) is 46.9. The molecule has 0 amide bonds. The standard InChI is InChI=1S/C71H68Br2N2/c1-3-5-7-9-11-18-46-71(47-19-12-10-8-6-4-2)67-23-17-16-22-63(67)64-43-42-62(50-68(64)71)74(59-36-26-53(27-37-59)51-20-14-13-15-21-51)60-38-30-55(31-39-60)56-32-44-69-65(48-56)66-49-58(73)35-45-70(66)75(69)61-40-28-54(29-41-61)52-24-33-57(72)34-25-52/h13-17,20-45,48-50H,3-12,18-19,46-47H2,1-2H3. The zero-order chi connectivity index (χ0) is 51.1. The Bertz CT molecular complexity index is 3500. The van der Waals surface area contributed by atoms with E-state index in [2.05, 4.69) is 261 Å². The van der Waals surface area contributed by atoms with Crippen molar-refractivity contribution in [2.45, 2.75) is 109 Å². The molecule has 0 saturated carbocycles. The Balaban J connectivity index is 0.971. The minimum absolute atomic E-state index is 0.00898. The van der Waals surface area contributed by atoms with E-state index in [1.807, 2.05) is 0 Å². The number of hydrogen-bond donors (Lipinski definition) is 0. The highest BCUT2D eigenvalue weighted by Gasteiger charge is 2.42. The molecule has 0 bridgehead atoms. The van der Waals surface area contributed by atoms with E-state index in [1.54, 1.807) is 5.56 Å². The fraction of sp³-hybridized carbons (Fsp3) is 0.239. The van der Waals surface area contributed by atoms with Gasteiger partial charge < -0.3 is 9.47 Å². The molecule has 11 rings (SSSR count). The van der Waals surface area contributed by atoms with Crippen molar-refractivity contribution < 1.29 is 0 Å². The average Bonchev–Trinajstić information content (AvgIpc) is 3.96. The summed E-state index contributed by atoms with van der Waals surface area (Å²) in [5.74, 6) is 0. The highest BCUT2D eigenvalue weighted by molar-refractivity contribution is 9.10. The van der Waals surface area contributed by atoms with Crippen LogP contribution in [0.3, 0.4) is 0 Å². The van der Waals surface area contributed by atoms with Gasteiger partial charge in [0.15, 0.2) is 0 Å². The second kappa shape index (κ2) is 23.2. The lowest BCUT2D eigenvalue weighted by molar-refractivity contribution is 0.398. The normalized spacial score (nSPS) is 12.6. The van der Waals surface area contributed by atoms with Crippen LogP contribution in [0, 0.1) is 0 Å². The van der Waals surface area contributed by atoms with Crippen LogP contribution in [0.25, 0.3) is 72.0 Å². The van der Waals surface area contributed by atoms with E-state index >= 15 is 0 Å². The largest absolute Gasteiger partial charge is 0.310 e. The first-order valence-corrected chi connectivity index (χ1v) is 29.4. The van der Waals surface area contributed by atoms with Crippen molar-refractivity contribution in [3.05, 3.63) is 226 Å². The van der Waals surface area contributed by atoms with E-state index in [1.165, 1.54) is 167 Å². The first kappa shape index (κ1) is 50.7. The summed E-state index contributed by atoms with van der Waals surface area (Å²) in [6.07, 6.45) is 18.1. The molecule has 0 aliphatic heterocycles. The molecule has 1 heterocycles. The summed E-state index contributed by atoms with van der Waals surface area (Å²) in [4.78, 5) is 2.50. The molecule has 4 heteroatoms. The molecule has 10 aromatic rings. The van der Waals surface area contributed by atoms with Gasteiger partial charge in [0.1, 0.15) is 0 Å². The summed E-state index contributed by atoms with van der Waals surface area (Å²) in [7, 11) is 0. The van der Waals surface area contributed by atoms with Gasteiger partial charge >= 0.3 is 0 Å². The maximum absolute atomic E-state index is 3.82. The predicted octanol–water partition coefficient (Wildman–Crippen LogP) is 22.5. The summed E-state index contributed by atoms with van der Waals surface area (Å²) in [5.41, 5.74) is 20.2. The van der Waals surface area contributed by atoms with Crippen LogP contribution >= 0.6 is 31.9 Å². The molecule has 0 radical (unpaired) electrons. The highest BCUT2D eigenvalue weighted by Crippen LogP contribution is 2.56. The van der Waals surface area contributed by atoms with E-state index in [-0.39, 0.29) is 5.41 Å². The van der Waals surface area contributed by atoms with Crippen LogP contribution in [0.1, 0.15) is 115 Å². The van der Waals surface area contributed by atoms with Crippen molar-refractivity contribution in [2.24, 2.45) is 0 Å². The lowest BCUT2D eigenvalue weighted by atomic mass is 9.70. The van der Waals surface area contributed by atoms with Crippen LogP contribution in [-0.4, -0.2) is 4.57 Å². The molecule has 376 valence electrons. The van der Waals surface area contributed by atoms with Crippen molar-refractivity contribution >= 4 is 70.7 Å². The third kappa shape index (κ3) is 10.6. The third-order valence-electron chi connectivity index (χ3n) is 16.1. The average molecular weight is 1110 g/mol. The number of fused-ring (bicyclic) bond motifs is 6. The molecule has 0 saturated heterocycles. The minimum atomic E-state index is -0.00898. The quantitative estimate of drug-likeness (QED) is 0.0651. The summed E-state index contributed by atoms with van der Waals surface area (Å²) >= 11 is 7.41. The molecule has 1 aliphatic rings. The number of halogens is 2. The van der Waals surface area contributed by atoms with Gasteiger partial charge in [0.25, 0.3) is 0 Å². The Kier molecular flexibility index (Phi) is 15.7. The lowest BCUT2D eigenvalue weighted by Crippen LogP contribution is -2.26. The smallest absolute Gasteiger partial charge is 0.0541 e. The number of anilines is 3. The van der Waals surface area contributed by atoms with Crippen LogP contribution in [0.2, 0.25) is 0 Å². The molecule has 9 aromatic carbocycles. The summed E-state index contributed by atoms with van der Waals surface area (Å²) in [6, 6.07) is 77.3. The first-order chi connectivity index (χ1) is 36.9. The van der Waals surface area contributed by atoms with E-state index < -0.39 is 0 Å². The Morgan fingerprint density at radius 3 is 1.44 bits per heavy atom. The Labute approximate surface area is 462 Å². The van der Waals surface area contributed by atoms with Crippen LogP contribution in [-0.2, 0) is 5.41 Å². The predicted molar refractivity (Wildman–Crippen MR) is 329 cm³/mol. The molecule has 75 heavy (non-hydrogen) atoms. The molecule has 0 N–H and O–H groups in total. The van der Waals surface area contributed by atoms with Gasteiger partial charge in [0, 0.05) is 47.9 Å². The number of aromatic nitrogens is 1. The number of nitrogens with zero attached hydrogens (tertiary/aromatic N) is 2. The molecule has 0 atom stereocenters. The van der Waals surface area contributed by atoms with Gasteiger partial charge in [-0.1, -0.05) is 238 Å². The Morgan fingerprint density at radius 2 is 0.813 bits per heavy atom. The SMILES string of the molecule is CCCCCCCCC1(CCCCCCCC)c2ccccc2-c2ccc(N(c3ccc(-c4ccccc4)cc3)c3ccc(-c4ccc5c(c4)c4cc(Br)ccc4n5-c4ccc(-c5ccc(Br)cc5)cc4)cc3)cc21. The molecular formula is C71H68Br2N2. The Hall–Kier alpha value is -6.46. The first-order valence-electron chi connectivity index (χ1n) is 27.8. The van der Waals surface area contributed by atoms with Gasteiger partial charge in [-0.05, 0) is 159 Å². The fourth-order valence-electron chi connectivity index (χ4n) is 12.2. The summed E-state index contributed by atoms with van der Waals surface area (Å²) < 4.78 is 4.56. The number of hydrogen-bond acceptors (Lipinski definition) is 1. The van der Waals surface area contributed by atoms with E-state index in [0.29, 0.717) is 0 Å². The Morgan fingerprint density at radius 1 is 0.360 bits per heavy atom. The highest BCUT2D eigenvalue weighted by atomic mass is 79.9. The van der Waals surface area contributed by atoms with Gasteiger partial charge in [0.05, 0.1) is 11.0 Å². The lowest BCUT2D eigenvalue weighted by Gasteiger charge is -2.34. The second-order valence-electron chi connectivity index (χ2n) is 21.0. The summed E-state index contributed by atoms with van der Waals surface area (Å²) in [5, 5.41) is 2.46. The number of rotatable bonds is 21. The molecule has 0 fully saturated rings. The van der Waals surface area contributed by atoms with Crippen molar-refractivity contribution in [3.8, 4) is 50.2 Å². The summed E-state index contributed by atoms with van der Waals surface area (Å²) in [6.45, 7) is 4.64. The molecule has 2 nitrogen and oxygen atoms in total.